The summed E-state index contributed by atoms with van der Waals surface area (Å²) in [4.78, 5) is 11.1. The molecule has 116 valence electrons. The van der Waals surface area contributed by atoms with Crippen molar-refractivity contribution in [2.75, 3.05) is 0 Å². The normalized spacial score (nSPS) is 10.6. The first kappa shape index (κ1) is 15.9. The molecule has 22 heavy (non-hydrogen) atoms. The van der Waals surface area contributed by atoms with Crippen LogP contribution in [-0.2, 0) is 6.61 Å². The predicted octanol–water partition coefficient (Wildman–Crippen LogP) is 4.16. The van der Waals surface area contributed by atoms with E-state index < -0.39 is 41.3 Å². The van der Waals surface area contributed by atoms with Crippen molar-refractivity contribution < 1.29 is 31.5 Å². The van der Waals surface area contributed by atoms with Gasteiger partial charge in [-0.2, -0.15) is 0 Å². The highest BCUT2D eigenvalue weighted by Crippen LogP contribution is 2.24. The van der Waals surface area contributed by atoms with Gasteiger partial charge in [-0.1, -0.05) is 0 Å². The maximum absolute atomic E-state index is 13.4. The quantitative estimate of drug-likeness (QED) is 0.366. The number of Topliss-reactive ketones (excluding diaryl/α,β-unsaturated/α-hetero) is 1. The highest BCUT2D eigenvalue weighted by Gasteiger charge is 2.25. The third kappa shape index (κ3) is 2.93. The maximum atomic E-state index is 13.4. The molecule has 0 saturated heterocycles. The van der Waals surface area contributed by atoms with Gasteiger partial charge in [-0.3, -0.25) is 4.79 Å². The summed E-state index contributed by atoms with van der Waals surface area (Å²) in [5.41, 5.74) is -0.671. The minimum atomic E-state index is -2.22. The highest BCUT2D eigenvalue weighted by atomic mass is 19.2. The second-order valence-electron chi connectivity index (χ2n) is 4.42. The zero-order chi connectivity index (χ0) is 16.4. The van der Waals surface area contributed by atoms with E-state index in [0.29, 0.717) is 5.56 Å². The van der Waals surface area contributed by atoms with E-state index in [0.717, 1.165) is 0 Å². The van der Waals surface area contributed by atoms with Gasteiger partial charge in [0.05, 0.1) is 5.56 Å². The van der Waals surface area contributed by atoms with Gasteiger partial charge < -0.3 is 4.74 Å². The van der Waals surface area contributed by atoms with Crippen molar-refractivity contribution in [3.8, 4) is 5.75 Å². The van der Waals surface area contributed by atoms with Gasteiger partial charge in [-0.05, 0) is 31.2 Å². The fourth-order valence-electron chi connectivity index (χ4n) is 1.72. The van der Waals surface area contributed by atoms with Crippen LogP contribution in [0.2, 0.25) is 0 Å². The average Bonchev–Trinajstić information content (AvgIpc) is 2.51. The first-order valence-electron chi connectivity index (χ1n) is 6.07. The van der Waals surface area contributed by atoms with Crippen molar-refractivity contribution in [2.24, 2.45) is 0 Å². The van der Waals surface area contributed by atoms with Crippen LogP contribution in [0.1, 0.15) is 22.8 Å². The summed E-state index contributed by atoms with van der Waals surface area (Å²) in [5.74, 6) is -10.2. The van der Waals surface area contributed by atoms with E-state index in [2.05, 4.69) is 0 Å². The summed E-state index contributed by atoms with van der Waals surface area (Å²) in [6, 6.07) is 5.53. The van der Waals surface area contributed by atoms with Gasteiger partial charge in [0, 0.05) is 5.56 Å². The minimum Gasteiger partial charge on any atom is -0.489 e. The molecule has 0 spiro atoms. The molecule has 0 fully saturated rings. The zero-order valence-electron chi connectivity index (χ0n) is 11.2. The lowest BCUT2D eigenvalue weighted by molar-refractivity contribution is 0.101. The molecular weight excluding hydrogens is 307 g/mol. The summed E-state index contributed by atoms with van der Waals surface area (Å²) in [5, 5.41) is 0. The van der Waals surface area contributed by atoms with Gasteiger partial charge in [0.2, 0.25) is 5.82 Å². The summed E-state index contributed by atoms with van der Waals surface area (Å²) < 4.78 is 70.8. The van der Waals surface area contributed by atoms with E-state index in [1.165, 1.54) is 31.2 Å². The van der Waals surface area contributed by atoms with Crippen LogP contribution in [0.3, 0.4) is 0 Å². The molecule has 0 amide bonds. The summed E-state index contributed by atoms with van der Waals surface area (Å²) in [6.45, 7) is 0.510. The maximum Gasteiger partial charge on any atom is 0.200 e. The Balaban J connectivity index is 2.23. The van der Waals surface area contributed by atoms with Gasteiger partial charge in [-0.15, -0.1) is 0 Å². The van der Waals surface area contributed by atoms with Gasteiger partial charge >= 0.3 is 0 Å². The monoisotopic (exact) mass is 316 g/mol. The van der Waals surface area contributed by atoms with Crippen molar-refractivity contribution in [3.63, 3.8) is 0 Å². The number of rotatable bonds is 4. The number of ketones is 1. The lowest BCUT2D eigenvalue weighted by Gasteiger charge is -2.10. The molecule has 0 aromatic heterocycles. The number of halogens is 5. The summed E-state index contributed by atoms with van der Waals surface area (Å²) in [6.07, 6.45) is 0. The number of ether oxygens (including phenoxy) is 1. The van der Waals surface area contributed by atoms with E-state index in [-0.39, 0.29) is 11.5 Å². The molecule has 0 N–H and O–H groups in total. The van der Waals surface area contributed by atoms with Crippen LogP contribution >= 0.6 is 0 Å². The molecule has 0 bridgehead atoms. The number of hydrogen-bond donors (Lipinski definition) is 0. The van der Waals surface area contributed by atoms with E-state index in [1.807, 2.05) is 0 Å². The van der Waals surface area contributed by atoms with Crippen LogP contribution in [0, 0.1) is 29.1 Å². The molecule has 0 atom stereocenters. The SMILES string of the molecule is CC(=O)c1ccc(OCc2c(F)c(F)c(F)c(F)c2F)cc1. The number of benzene rings is 2. The number of hydrogen-bond acceptors (Lipinski definition) is 2. The van der Waals surface area contributed by atoms with Crippen LogP contribution in [0.25, 0.3) is 0 Å². The topological polar surface area (TPSA) is 26.3 Å². The third-order valence-electron chi connectivity index (χ3n) is 2.94. The molecule has 2 aromatic rings. The van der Waals surface area contributed by atoms with Crippen molar-refractivity contribution in [1.29, 1.82) is 0 Å². The lowest BCUT2D eigenvalue weighted by Crippen LogP contribution is -2.09. The minimum absolute atomic E-state index is 0.119. The molecule has 0 aliphatic heterocycles. The van der Waals surface area contributed by atoms with Crippen molar-refractivity contribution in [3.05, 3.63) is 64.5 Å². The van der Waals surface area contributed by atoms with Crippen LogP contribution < -0.4 is 4.74 Å². The van der Waals surface area contributed by atoms with Crippen molar-refractivity contribution in [2.45, 2.75) is 13.5 Å². The molecule has 7 heteroatoms. The zero-order valence-corrected chi connectivity index (χ0v) is 11.2. The molecule has 2 rings (SSSR count). The first-order valence-corrected chi connectivity index (χ1v) is 6.07. The molecule has 0 aliphatic carbocycles. The molecular formula is C15H9F5O2. The third-order valence-corrected chi connectivity index (χ3v) is 2.94. The Hall–Kier alpha value is -2.44. The molecule has 0 unspecified atom stereocenters. The second kappa shape index (κ2) is 6.13. The van der Waals surface area contributed by atoms with Crippen molar-refractivity contribution in [1.82, 2.24) is 0 Å². The van der Waals surface area contributed by atoms with Crippen LogP contribution in [0.15, 0.2) is 24.3 Å². The molecule has 0 saturated carbocycles. The lowest BCUT2D eigenvalue weighted by atomic mass is 10.1. The Morgan fingerprint density at radius 3 is 1.77 bits per heavy atom. The van der Waals surface area contributed by atoms with Gasteiger partial charge in [-0.25, -0.2) is 22.0 Å². The smallest absolute Gasteiger partial charge is 0.200 e. The molecule has 2 aromatic carbocycles. The van der Waals surface area contributed by atoms with Crippen LogP contribution in [0.5, 0.6) is 5.75 Å². The Labute approximate surface area is 122 Å². The first-order chi connectivity index (χ1) is 10.3. The van der Waals surface area contributed by atoms with Gasteiger partial charge in [0.1, 0.15) is 12.4 Å². The second-order valence-corrected chi connectivity index (χ2v) is 4.42. The Bertz CT molecular complexity index is 697. The van der Waals surface area contributed by atoms with Crippen LogP contribution in [0.4, 0.5) is 22.0 Å². The van der Waals surface area contributed by atoms with E-state index in [4.69, 9.17) is 4.74 Å². The predicted molar refractivity (Wildman–Crippen MR) is 67.0 cm³/mol. The van der Waals surface area contributed by atoms with E-state index in [9.17, 15) is 26.7 Å². The van der Waals surface area contributed by atoms with Crippen LogP contribution in [-0.4, -0.2) is 5.78 Å². The van der Waals surface area contributed by atoms with E-state index in [1.54, 1.807) is 0 Å². The number of carbonyl (C=O) groups is 1. The Kier molecular flexibility index (Phi) is 4.44. The highest BCUT2D eigenvalue weighted by molar-refractivity contribution is 5.94. The van der Waals surface area contributed by atoms with E-state index >= 15 is 0 Å². The van der Waals surface area contributed by atoms with Gasteiger partial charge in [0.25, 0.3) is 0 Å². The molecule has 0 radical (unpaired) electrons. The molecule has 2 nitrogen and oxygen atoms in total. The molecule has 0 heterocycles. The van der Waals surface area contributed by atoms with Gasteiger partial charge in [0.15, 0.2) is 29.1 Å². The van der Waals surface area contributed by atoms with Crippen molar-refractivity contribution >= 4 is 5.78 Å². The Morgan fingerprint density at radius 2 is 1.32 bits per heavy atom. The number of carbonyl (C=O) groups excluding carboxylic acids is 1. The Morgan fingerprint density at radius 1 is 0.864 bits per heavy atom. The standard InChI is InChI=1S/C15H9F5O2/c1-7(21)8-2-4-9(5-3-8)22-6-10-11(16)13(18)15(20)14(19)12(10)17/h2-5H,6H2,1H3. The fraction of sp³-hybridized carbons (Fsp3) is 0.133. The molecule has 0 aliphatic rings. The average molecular weight is 316 g/mol. The fourth-order valence-corrected chi connectivity index (χ4v) is 1.72. The summed E-state index contributed by atoms with van der Waals surface area (Å²) in [7, 11) is 0. The summed E-state index contributed by atoms with van der Waals surface area (Å²) >= 11 is 0. The largest absolute Gasteiger partial charge is 0.489 e.